The van der Waals surface area contributed by atoms with Gasteiger partial charge in [0.1, 0.15) is 0 Å². The molecule has 84 valence electrons. The number of halogens is 1. The summed E-state index contributed by atoms with van der Waals surface area (Å²) >= 11 is 5.98. The van der Waals surface area contributed by atoms with Crippen molar-refractivity contribution in [1.82, 2.24) is 5.32 Å². The van der Waals surface area contributed by atoms with Crippen LogP contribution in [-0.2, 0) is 16.6 Å². The minimum atomic E-state index is -0.807. The van der Waals surface area contributed by atoms with Crippen LogP contribution in [-0.4, -0.2) is 23.6 Å². The number of hydrogen-bond donors (Lipinski definition) is 1. The fourth-order valence-corrected chi connectivity index (χ4v) is 2.76. The Kier molecular flexibility index (Phi) is 5.91. The van der Waals surface area contributed by atoms with Crippen LogP contribution in [0, 0.1) is 0 Å². The summed E-state index contributed by atoms with van der Waals surface area (Å²) < 4.78 is 11.7. The van der Waals surface area contributed by atoms with Gasteiger partial charge in [-0.05, 0) is 31.6 Å². The highest BCUT2D eigenvalue weighted by Gasteiger charge is 2.04. The van der Waals surface area contributed by atoms with E-state index in [1.165, 1.54) is 0 Å². The molecule has 0 fully saturated rings. The Bertz CT molecular complexity index is 330. The summed E-state index contributed by atoms with van der Waals surface area (Å²) in [4.78, 5) is 0. The molecule has 0 amide bonds. The molecule has 0 aliphatic carbocycles. The highest BCUT2D eigenvalue weighted by molar-refractivity contribution is 7.84. The summed E-state index contributed by atoms with van der Waals surface area (Å²) in [5.41, 5.74) is 0.974. The van der Waals surface area contributed by atoms with Gasteiger partial charge in [0.15, 0.2) is 0 Å². The van der Waals surface area contributed by atoms with Gasteiger partial charge >= 0.3 is 0 Å². The Morgan fingerprint density at radius 3 is 2.80 bits per heavy atom. The molecule has 1 aromatic rings. The third-order valence-corrected chi connectivity index (χ3v) is 3.82. The van der Waals surface area contributed by atoms with Crippen molar-refractivity contribution in [2.45, 2.75) is 12.2 Å². The van der Waals surface area contributed by atoms with Crippen LogP contribution >= 0.6 is 11.6 Å². The molecular formula is C11H16ClNOS. The number of nitrogens with one attached hydrogen (secondary N) is 1. The largest absolute Gasteiger partial charge is 0.320 e. The van der Waals surface area contributed by atoms with Crippen molar-refractivity contribution < 1.29 is 4.21 Å². The second-order valence-corrected chi connectivity index (χ2v) is 5.32. The van der Waals surface area contributed by atoms with Crippen LogP contribution in [0.25, 0.3) is 0 Å². The van der Waals surface area contributed by atoms with Gasteiger partial charge in [-0.3, -0.25) is 4.21 Å². The van der Waals surface area contributed by atoms with Crippen LogP contribution < -0.4 is 5.32 Å². The van der Waals surface area contributed by atoms with Gasteiger partial charge < -0.3 is 5.32 Å². The molecule has 0 aromatic heterocycles. The molecule has 1 atom stereocenters. The summed E-state index contributed by atoms with van der Waals surface area (Å²) in [6.45, 7) is 0.911. The maximum absolute atomic E-state index is 11.7. The van der Waals surface area contributed by atoms with Crippen LogP contribution in [0.15, 0.2) is 24.3 Å². The number of rotatable bonds is 6. The highest BCUT2D eigenvalue weighted by Crippen LogP contribution is 2.16. The van der Waals surface area contributed by atoms with Gasteiger partial charge in [-0.1, -0.05) is 29.8 Å². The molecule has 1 unspecified atom stereocenters. The smallest absolute Gasteiger partial charge is 0.0500 e. The first-order valence-corrected chi connectivity index (χ1v) is 6.83. The Hall–Kier alpha value is -0.380. The normalized spacial score (nSPS) is 12.7. The van der Waals surface area contributed by atoms with Crippen LogP contribution in [0.5, 0.6) is 0 Å². The van der Waals surface area contributed by atoms with E-state index >= 15 is 0 Å². The molecule has 0 saturated heterocycles. The van der Waals surface area contributed by atoms with E-state index in [1.54, 1.807) is 0 Å². The van der Waals surface area contributed by atoms with Crippen LogP contribution in [0.4, 0.5) is 0 Å². The first-order chi connectivity index (χ1) is 7.24. The van der Waals surface area contributed by atoms with Gasteiger partial charge in [0.25, 0.3) is 0 Å². The van der Waals surface area contributed by atoms with Crippen LogP contribution in [0.2, 0.25) is 5.02 Å². The van der Waals surface area contributed by atoms with Crippen molar-refractivity contribution in [3.63, 3.8) is 0 Å². The second kappa shape index (κ2) is 6.99. The van der Waals surface area contributed by atoms with Gasteiger partial charge in [0.2, 0.25) is 0 Å². The van der Waals surface area contributed by atoms with Gasteiger partial charge in [-0.2, -0.15) is 0 Å². The Morgan fingerprint density at radius 2 is 2.13 bits per heavy atom. The topological polar surface area (TPSA) is 29.1 Å². The maximum Gasteiger partial charge on any atom is 0.0500 e. The fraction of sp³-hybridized carbons (Fsp3) is 0.455. The molecule has 4 heteroatoms. The van der Waals surface area contributed by atoms with E-state index in [-0.39, 0.29) is 0 Å². The number of hydrogen-bond acceptors (Lipinski definition) is 2. The zero-order valence-corrected chi connectivity index (χ0v) is 10.4. The van der Waals surface area contributed by atoms with E-state index in [2.05, 4.69) is 5.32 Å². The lowest BCUT2D eigenvalue weighted by Crippen LogP contribution is -2.12. The summed E-state index contributed by atoms with van der Waals surface area (Å²) in [7, 11) is 1.09. The van der Waals surface area contributed by atoms with Crippen molar-refractivity contribution >= 4 is 22.4 Å². The average Bonchev–Trinajstić information content (AvgIpc) is 2.22. The summed E-state index contributed by atoms with van der Waals surface area (Å²) in [6.07, 6.45) is 0.938. The zero-order chi connectivity index (χ0) is 11.1. The molecule has 0 aliphatic rings. The van der Waals surface area contributed by atoms with Crippen LogP contribution in [0.3, 0.4) is 0 Å². The Morgan fingerprint density at radius 1 is 1.40 bits per heavy atom. The molecule has 1 aromatic carbocycles. The standard InChI is InChI=1S/C11H16ClNOS/c1-13-7-4-8-15(14)9-10-5-2-3-6-11(10)12/h2-3,5-6,13H,4,7-9H2,1H3. The lowest BCUT2D eigenvalue weighted by molar-refractivity contribution is 0.676. The van der Waals surface area contributed by atoms with Crippen molar-refractivity contribution in [3.8, 4) is 0 Å². The van der Waals surface area contributed by atoms with E-state index in [0.29, 0.717) is 10.8 Å². The monoisotopic (exact) mass is 245 g/mol. The van der Waals surface area contributed by atoms with Crippen molar-refractivity contribution in [3.05, 3.63) is 34.9 Å². The van der Waals surface area contributed by atoms with E-state index in [1.807, 2.05) is 31.3 Å². The molecule has 0 saturated carbocycles. The molecule has 0 spiro atoms. The predicted molar refractivity (Wildman–Crippen MR) is 66.7 cm³/mol. The first-order valence-electron chi connectivity index (χ1n) is 4.97. The van der Waals surface area contributed by atoms with Gasteiger partial charge in [0, 0.05) is 27.3 Å². The maximum atomic E-state index is 11.7. The lowest BCUT2D eigenvalue weighted by atomic mass is 10.2. The molecule has 1 rings (SSSR count). The van der Waals surface area contributed by atoms with Crippen molar-refractivity contribution in [1.29, 1.82) is 0 Å². The minimum absolute atomic E-state index is 0.559. The number of benzene rings is 1. The zero-order valence-electron chi connectivity index (χ0n) is 8.83. The quantitative estimate of drug-likeness (QED) is 0.779. The van der Waals surface area contributed by atoms with Crippen molar-refractivity contribution in [2.24, 2.45) is 0 Å². The van der Waals surface area contributed by atoms with E-state index in [9.17, 15) is 4.21 Å². The molecule has 0 heterocycles. The van der Waals surface area contributed by atoms with E-state index in [4.69, 9.17) is 11.6 Å². The second-order valence-electron chi connectivity index (χ2n) is 3.34. The molecule has 0 radical (unpaired) electrons. The average molecular weight is 246 g/mol. The van der Waals surface area contributed by atoms with E-state index in [0.717, 1.165) is 24.3 Å². The molecule has 15 heavy (non-hydrogen) atoms. The highest BCUT2D eigenvalue weighted by atomic mass is 35.5. The van der Waals surface area contributed by atoms with Gasteiger partial charge in [-0.25, -0.2) is 0 Å². The SMILES string of the molecule is CNCCCS(=O)Cc1ccccc1Cl. The summed E-state index contributed by atoms with van der Waals surface area (Å²) in [6, 6.07) is 7.57. The summed E-state index contributed by atoms with van der Waals surface area (Å²) in [5, 5.41) is 3.75. The molecule has 0 bridgehead atoms. The molecular weight excluding hydrogens is 230 g/mol. The Balaban J connectivity index is 2.41. The third kappa shape index (κ3) is 4.78. The fourth-order valence-electron chi connectivity index (χ4n) is 1.27. The van der Waals surface area contributed by atoms with Gasteiger partial charge in [0.05, 0.1) is 0 Å². The van der Waals surface area contributed by atoms with Crippen LogP contribution in [0.1, 0.15) is 12.0 Å². The van der Waals surface area contributed by atoms with E-state index < -0.39 is 10.8 Å². The lowest BCUT2D eigenvalue weighted by Gasteiger charge is -2.04. The molecule has 1 N–H and O–H groups in total. The third-order valence-electron chi connectivity index (χ3n) is 2.07. The predicted octanol–water partition coefficient (Wildman–Crippen LogP) is 2.20. The molecule has 2 nitrogen and oxygen atoms in total. The van der Waals surface area contributed by atoms with Crippen molar-refractivity contribution in [2.75, 3.05) is 19.3 Å². The minimum Gasteiger partial charge on any atom is -0.320 e. The van der Waals surface area contributed by atoms with Gasteiger partial charge in [-0.15, -0.1) is 0 Å². The first kappa shape index (κ1) is 12.7. The Labute approximate surface area is 98.5 Å². The molecule has 0 aliphatic heterocycles. The summed E-state index contributed by atoms with van der Waals surface area (Å²) in [5.74, 6) is 1.29.